The lowest BCUT2D eigenvalue weighted by atomic mass is 10.1. The summed E-state index contributed by atoms with van der Waals surface area (Å²) in [6, 6.07) is 13.9. The highest BCUT2D eigenvalue weighted by Crippen LogP contribution is 2.17. The van der Waals surface area contributed by atoms with Crippen molar-refractivity contribution in [2.75, 3.05) is 0 Å². The number of carbonyl (C=O) groups is 2. The first-order valence-electron chi connectivity index (χ1n) is 9.27. The minimum Gasteiger partial charge on any atom is -0.454 e. The molecule has 0 bridgehead atoms. The summed E-state index contributed by atoms with van der Waals surface area (Å²) >= 11 is 0. The summed E-state index contributed by atoms with van der Waals surface area (Å²) in [5, 5.41) is 8.32. The molecule has 0 radical (unpaired) electrons. The predicted octanol–water partition coefficient (Wildman–Crippen LogP) is 1.60. The van der Waals surface area contributed by atoms with Crippen LogP contribution in [-0.4, -0.2) is 31.8 Å². The maximum atomic E-state index is 12.6. The fourth-order valence-electron chi connectivity index (χ4n) is 2.97. The van der Waals surface area contributed by atoms with Gasteiger partial charge in [-0.1, -0.05) is 53.2 Å². The first-order valence-corrected chi connectivity index (χ1v) is 9.27. The van der Waals surface area contributed by atoms with Crippen molar-refractivity contribution < 1.29 is 18.8 Å². The van der Waals surface area contributed by atoms with Gasteiger partial charge in [0.2, 0.25) is 5.82 Å². The molecule has 2 aromatic heterocycles. The van der Waals surface area contributed by atoms with Crippen LogP contribution in [0.4, 0.5) is 0 Å². The molecule has 2 N–H and O–H groups in total. The lowest BCUT2D eigenvalue weighted by Crippen LogP contribution is -2.31. The minimum atomic E-state index is -0.812. The van der Waals surface area contributed by atoms with Crippen LogP contribution in [0.25, 0.3) is 22.2 Å². The third-order valence-corrected chi connectivity index (χ3v) is 4.51. The molecule has 2 heterocycles. The number of aryl methyl sites for hydroxylation is 1. The Hall–Kier alpha value is -4.34. The molecule has 0 saturated heterocycles. The average molecular weight is 419 g/mol. The zero-order valence-corrected chi connectivity index (χ0v) is 16.4. The van der Waals surface area contributed by atoms with E-state index in [0.717, 1.165) is 15.8 Å². The standard InChI is InChI=1S/C21H17N5O5/c1-12-6-8-13(9-7-12)20-23-16(31-25-20)11-30-17(27)10-26-21(29)15-5-3-2-4-14(15)18(24-26)19(22)28/h2-9H,10-11H2,1H3,(H2,22,28). The molecule has 2 aromatic carbocycles. The van der Waals surface area contributed by atoms with Gasteiger partial charge in [-0.2, -0.15) is 10.1 Å². The molecule has 10 nitrogen and oxygen atoms in total. The molecule has 1 amide bonds. The van der Waals surface area contributed by atoms with Crippen molar-refractivity contribution in [3.63, 3.8) is 0 Å². The van der Waals surface area contributed by atoms with Crippen molar-refractivity contribution in [2.45, 2.75) is 20.1 Å². The highest BCUT2D eigenvalue weighted by atomic mass is 16.6. The number of hydrogen-bond donors (Lipinski definition) is 1. The second-order valence-electron chi connectivity index (χ2n) is 6.76. The number of fused-ring (bicyclic) bond motifs is 1. The maximum Gasteiger partial charge on any atom is 0.328 e. The Bertz CT molecular complexity index is 1340. The molecule has 0 aliphatic heterocycles. The van der Waals surface area contributed by atoms with Crippen LogP contribution in [0, 0.1) is 6.92 Å². The van der Waals surface area contributed by atoms with Gasteiger partial charge < -0.3 is 15.0 Å². The van der Waals surface area contributed by atoms with Gasteiger partial charge in [0.15, 0.2) is 12.3 Å². The number of rotatable bonds is 6. The maximum absolute atomic E-state index is 12.6. The van der Waals surface area contributed by atoms with Gasteiger partial charge in [-0.3, -0.25) is 14.4 Å². The van der Waals surface area contributed by atoms with E-state index in [1.54, 1.807) is 18.2 Å². The van der Waals surface area contributed by atoms with Gasteiger partial charge in [0, 0.05) is 10.9 Å². The van der Waals surface area contributed by atoms with E-state index in [9.17, 15) is 14.4 Å². The summed E-state index contributed by atoms with van der Waals surface area (Å²) in [7, 11) is 0. The minimum absolute atomic E-state index is 0.0977. The SMILES string of the molecule is Cc1ccc(-c2noc(COC(=O)Cn3nc(C(N)=O)c4ccccc4c3=O)n2)cc1. The fraction of sp³-hybridized carbons (Fsp3) is 0.143. The monoisotopic (exact) mass is 419 g/mol. The number of amides is 1. The molecule has 0 aliphatic carbocycles. The topological polar surface area (TPSA) is 143 Å². The highest BCUT2D eigenvalue weighted by Gasteiger charge is 2.17. The van der Waals surface area contributed by atoms with Gasteiger partial charge >= 0.3 is 5.97 Å². The first-order chi connectivity index (χ1) is 14.9. The second kappa shape index (κ2) is 8.19. The van der Waals surface area contributed by atoms with Gasteiger partial charge in [-0.15, -0.1) is 0 Å². The number of hydrogen-bond acceptors (Lipinski definition) is 8. The van der Waals surface area contributed by atoms with E-state index < -0.39 is 24.0 Å². The molecule has 0 unspecified atom stereocenters. The van der Waals surface area contributed by atoms with E-state index in [2.05, 4.69) is 15.2 Å². The summed E-state index contributed by atoms with van der Waals surface area (Å²) in [6.45, 7) is 1.18. The van der Waals surface area contributed by atoms with Crippen molar-refractivity contribution in [1.82, 2.24) is 19.9 Å². The first kappa shape index (κ1) is 20.0. The molecule has 0 fully saturated rings. The van der Waals surface area contributed by atoms with Crippen LogP contribution in [0.1, 0.15) is 21.9 Å². The molecule has 4 aromatic rings. The van der Waals surface area contributed by atoms with E-state index in [-0.39, 0.29) is 23.6 Å². The number of nitrogens with two attached hydrogens (primary N) is 1. The van der Waals surface area contributed by atoms with Crippen LogP contribution >= 0.6 is 0 Å². The lowest BCUT2D eigenvalue weighted by Gasteiger charge is -2.08. The number of nitrogens with zero attached hydrogens (tertiary/aromatic N) is 4. The van der Waals surface area contributed by atoms with Crippen molar-refractivity contribution in [2.24, 2.45) is 5.73 Å². The Morgan fingerprint density at radius 3 is 2.52 bits per heavy atom. The van der Waals surface area contributed by atoms with E-state index >= 15 is 0 Å². The molecular weight excluding hydrogens is 402 g/mol. The molecule has 156 valence electrons. The van der Waals surface area contributed by atoms with Crippen LogP contribution < -0.4 is 11.3 Å². The van der Waals surface area contributed by atoms with Gasteiger partial charge in [0.05, 0.1) is 5.39 Å². The Labute approximate surface area is 175 Å². The molecule has 4 rings (SSSR count). The van der Waals surface area contributed by atoms with Crippen molar-refractivity contribution in [3.05, 3.63) is 76.0 Å². The summed E-state index contributed by atoms with van der Waals surface area (Å²) < 4.78 is 11.1. The summed E-state index contributed by atoms with van der Waals surface area (Å²) in [5.41, 5.74) is 6.57. The number of esters is 1. The molecule has 10 heteroatoms. The van der Waals surface area contributed by atoms with Crippen molar-refractivity contribution in [3.8, 4) is 11.4 Å². The predicted molar refractivity (Wildman–Crippen MR) is 109 cm³/mol. The van der Waals surface area contributed by atoms with Crippen LogP contribution in [0.2, 0.25) is 0 Å². The molecule has 31 heavy (non-hydrogen) atoms. The number of benzene rings is 2. The van der Waals surface area contributed by atoms with Crippen LogP contribution in [0.15, 0.2) is 57.8 Å². The number of primary amides is 1. The Morgan fingerprint density at radius 2 is 1.81 bits per heavy atom. The summed E-state index contributed by atoms with van der Waals surface area (Å²) in [5.74, 6) is -1.12. The zero-order valence-electron chi connectivity index (χ0n) is 16.4. The van der Waals surface area contributed by atoms with E-state index in [1.165, 1.54) is 6.07 Å². The van der Waals surface area contributed by atoms with E-state index in [4.69, 9.17) is 15.0 Å². The van der Waals surface area contributed by atoms with Crippen LogP contribution in [0.3, 0.4) is 0 Å². The van der Waals surface area contributed by atoms with Gasteiger partial charge in [0.25, 0.3) is 17.4 Å². The molecule has 0 aliphatic rings. The quantitative estimate of drug-likeness (QED) is 0.464. The van der Waals surface area contributed by atoms with Gasteiger partial charge in [-0.25, -0.2) is 4.68 Å². The van der Waals surface area contributed by atoms with E-state index in [1.807, 2.05) is 31.2 Å². The normalized spacial score (nSPS) is 10.9. The second-order valence-corrected chi connectivity index (χ2v) is 6.76. The number of ether oxygens (including phenoxy) is 1. The Kier molecular flexibility index (Phi) is 5.27. The lowest BCUT2D eigenvalue weighted by molar-refractivity contribution is -0.146. The van der Waals surface area contributed by atoms with Crippen LogP contribution in [0.5, 0.6) is 0 Å². The number of carbonyl (C=O) groups excluding carboxylic acids is 2. The smallest absolute Gasteiger partial charge is 0.328 e. The summed E-state index contributed by atoms with van der Waals surface area (Å²) in [4.78, 5) is 40.7. The Balaban J connectivity index is 1.48. The molecule has 0 atom stereocenters. The van der Waals surface area contributed by atoms with Crippen molar-refractivity contribution >= 4 is 22.6 Å². The molecular formula is C21H17N5O5. The fourth-order valence-corrected chi connectivity index (χ4v) is 2.97. The number of aromatic nitrogens is 4. The third kappa shape index (κ3) is 4.17. The van der Waals surface area contributed by atoms with Gasteiger partial charge in [0.1, 0.15) is 6.54 Å². The van der Waals surface area contributed by atoms with Crippen molar-refractivity contribution in [1.29, 1.82) is 0 Å². The largest absolute Gasteiger partial charge is 0.454 e. The molecule has 0 spiro atoms. The van der Waals surface area contributed by atoms with Crippen LogP contribution in [-0.2, 0) is 22.7 Å². The third-order valence-electron chi connectivity index (χ3n) is 4.51. The highest BCUT2D eigenvalue weighted by molar-refractivity contribution is 6.04. The Morgan fingerprint density at radius 1 is 1.10 bits per heavy atom. The molecule has 0 saturated carbocycles. The summed E-state index contributed by atoms with van der Waals surface area (Å²) in [6.07, 6.45) is 0. The average Bonchev–Trinajstić information content (AvgIpc) is 3.24. The van der Waals surface area contributed by atoms with Gasteiger partial charge in [-0.05, 0) is 13.0 Å². The zero-order chi connectivity index (χ0) is 22.0. The van der Waals surface area contributed by atoms with E-state index in [0.29, 0.717) is 11.2 Å².